The third-order valence-corrected chi connectivity index (χ3v) is 3.66. The topological polar surface area (TPSA) is 51.2 Å². The number of hydrogen-bond acceptors (Lipinski definition) is 5. The van der Waals surface area contributed by atoms with Crippen LogP contribution >= 0.6 is 11.3 Å². The number of hydrogen-bond donors (Lipinski definition) is 1. The Morgan fingerprint density at radius 2 is 2.32 bits per heavy atom. The fraction of sp³-hybridized carbons (Fsp3) is 0.429. The summed E-state index contributed by atoms with van der Waals surface area (Å²) in [6, 6.07) is 6.23. The Bertz CT molecular complexity index is 566. The van der Waals surface area contributed by atoms with Gasteiger partial charge in [-0.1, -0.05) is 17.4 Å². The maximum Gasteiger partial charge on any atom is 0.305 e. The third kappa shape index (κ3) is 3.92. The summed E-state index contributed by atoms with van der Waals surface area (Å²) in [7, 11) is 0. The van der Waals surface area contributed by atoms with Crippen LogP contribution in [0.4, 0.5) is 5.13 Å². The molecular weight excluding hydrogens is 260 g/mol. The van der Waals surface area contributed by atoms with Gasteiger partial charge in [-0.25, -0.2) is 4.98 Å². The second kappa shape index (κ2) is 6.52. The molecule has 0 saturated carbocycles. The van der Waals surface area contributed by atoms with Gasteiger partial charge < -0.3 is 10.1 Å². The van der Waals surface area contributed by atoms with E-state index in [1.807, 2.05) is 13.0 Å². The Hall–Kier alpha value is -1.62. The number of aryl methyl sites for hydroxylation is 1. The molecule has 4 nitrogen and oxygen atoms in total. The maximum atomic E-state index is 11.2. The highest BCUT2D eigenvalue weighted by Gasteiger charge is 2.04. The Morgan fingerprint density at radius 1 is 1.47 bits per heavy atom. The van der Waals surface area contributed by atoms with Gasteiger partial charge in [0.15, 0.2) is 5.13 Å². The number of fused-ring (bicyclic) bond motifs is 1. The Morgan fingerprint density at radius 3 is 3.11 bits per heavy atom. The molecule has 1 N–H and O–H groups in total. The summed E-state index contributed by atoms with van der Waals surface area (Å²) in [5.74, 6) is -0.135. The summed E-state index contributed by atoms with van der Waals surface area (Å²) < 4.78 is 6.06. The fourth-order valence-electron chi connectivity index (χ4n) is 1.77. The standard InChI is InChI=1S/C14H18N2O2S/c1-3-18-13(17)5-4-8-15-14-16-11-7-6-10(2)9-12(11)19-14/h6-7,9H,3-5,8H2,1-2H3,(H,15,16). The molecule has 0 radical (unpaired) electrons. The monoisotopic (exact) mass is 278 g/mol. The number of anilines is 1. The molecule has 5 heteroatoms. The van der Waals surface area contributed by atoms with Crippen LogP contribution in [0, 0.1) is 6.92 Å². The van der Waals surface area contributed by atoms with Crippen LogP contribution < -0.4 is 5.32 Å². The van der Waals surface area contributed by atoms with Crippen molar-refractivity contribution in [3.8, 4) is 0 Å². The molecule has 1 aromatic carbocycles. The third-order valence-electron chi connectivity index (χ3n) is 2.68. The van der Waals surface area contributed by atoms with Crippen LogP contribution in [-0.2, 0) is 9.53 Å². The molecule has 19 heavy (non-hydrogen) atoms. The van der Waals surface area contributed by atoms with Crippen LogP contribution in [0.5, 0.6) is 0 Å². The summed E-state index contributed by atoms with van der Waals surface area (Å²) in [5.41, 5.74) is 2.26. The number of carbonyl (C=O) groups excluding carboxylic acids is 1. The zero-order valence-electron chi connectivity index (χ0n) is 11.2. The van der Waals surface area contributed by atoms with Gasteiger partial charge >= 0.3 is 5.97 Å². The Labute approximate surface area is 116 Å². The van der Waals surface area contributed by atoms with Crippen LogP contribution in [0.1, 0.15) is 25.3 Å². The van der Waals surface area contributed by atoms with E-state index in [0.29, 0.717) is 13.0 Å². The van der Waals surface area contributed by atoms with Crippen molar-refractivity contribution in [2.24, 2.45) is 0 Å². The first-order chi connectivity index (χ1) is 9.19. The molecule has 2 aromatic rings. The normalized spacial score (nSPS) is 10.6. The van der Waals surface area contributed by atoms with E-state index in [1.54, 1.807) is 11.3 Å². The van der Waals surface area contributed by atoms with Crippen LogP contribution in [0.3, 0.4) is 0 Å². The van der Waals surface area contributed by atoms with Gasteiger partial charge in [0.25, 0.3) is 0 Å². The average Bonchev–Trinajstić information content (AvgIpc) is 2.77. The number of thiazole rings is 1. The van der Waals surface area contributed by atoms with Gasteiger partial charge in [0.05, 0.1) is 16.8 Å². The molecule has 0 fully saturated rings. The number of ether oxygens (including phenoxy) is 1. The molecule has 0 aliphatic carbocycles. The largest absolute Gasteiger partial charge is 0.466 e. The van der Waals surface area contributed by atoms with E-state index in [4.69, 9.17) is 4.74 Å². The second-order valence-corrected chi connectivity index (χ2v) is 5.36. The molecule has 0 aliphatic heterocycles. The van der Waals surface area contributed by atoms with Crippen LogP contribution in [0.2, 0.25) is 0 Å². The zero-order valence-corrected chi connectivity index (χ0v) is 12.0. The van der Waals surface area contributed by atoms with Crippen molar-refractivity contribution in [3.63, 3.8) is 0 Å². The Kier molecular flexibility index (Phi) is 4.74. The summed E-state index contributed by atoms with van der Waals surface area (Å²) in [6.07, 6.45) is 1.21. The number of carbonyl (C=O) groups is 1. The van der Waals surface area contributed by atoms with Crippen molar-refractivity contribution < 1.29 is 9.53 Å². The van der Waals surface area contributed by atoms with E-state index >= 15 is 0 Å². The smallest absolute Gasteiger partial charge is 0.305 e. The predicted molar refractivity (Wildman–Crippen MR) is 78.7 cm³/mol. The average molecular weight is 278 g/mol. The molecule has 0 aliphatic rings. The summed E-state index contributed by atoms with van der Waals surface area (Å²) in [5, 5.41) is 4.16. The first-order valence-electron chi connectivity index (χ1n) is 6.45. The first kappa shape index (κ1) is 13.8. The zero-order chi connectivity index (χ0) is 13.7. The van der Waals surface area contributed by atoms with Crippen LogP contribution in [0.25, 0.3) is 10.2 Å². The number of rotatable bonds is 6. The lowest BCUT2D eigenvalue weighted by molar-refractivity contribution is -0.143. The highest BCUT2D eigenvalue weighted by molar-refractivity contribution is 7.22. The molecule has 1 aromatic heterocycles. The molecule has 0 amide bonds. The van der Waals surface area contributed by atoms with Crippen molar-refractivity contribution in [1.82, 2.24) is 4.98 Å². The lowest BCUT2D eigenvalue weighted by atomic mass is 10.2. The van der Waals surface area contributed by atoms with Gasteiger partial charge in [0.1, 0.15) is 0 Å². The van der Waals surface area contributed by atoms with Crippen molar-refractivity contribution >= 4 is 32.7 Å². The quantitative estimate of drug-likeness (QED) is 0.650. The molecule has 1 heterocycles. The van der Waals surface area contributed by atoms with Gasteiger partial charge in [-0.2, -0.15) is 0 Å². The highest BCUT2D eigenvalue weighted by atomic mass is 32.1. The van der Waals surface area contributed by atoms with E-state index in [-0.39, 0.29) is 5.97 Å². The van der Waals surface area contributed by atoms with E-state index in [0.717, 1.165) is 23.6 Å². The minimum absolute atomic E-state index is 0.135. The first-order valence-corrected chi connectivity index (χ1v) is 7.27. The number of esters is 1. The van der Waals surface area contributed by atoms with Gasteiger partial charge in [0, 0.05) is 13.0 Å². The van der Waals surface area contributed by atoms with Gasteiger partial charge in [0.2, 0.25) is 0 Å². The summed E-state index contributed by atoms with van der Waals surface area (Å²) >= 11 is 1.64. The minimum Gasteiger partial charge on any atom is -0.466 e. The van der Waals surface area contributed by atoms with Gasteiger partial charge in [-0.3, -0.25) is 4.79 Å². The number of aromatic nitrogens is 1. The Balaban J connectivity index is 1.83. The second-order valence-electron chi connectivity index (χ2n) is 4.33. The summed E-state index contributed by atoms with van der Waals surface area (Å²) in [4.78, 5) is 15.7. The lowest BCUT2D eigenvalue weighted by Crippen LogP contribution is -2.07. The summed E-state index contributed by atoms with van der Waals surface area (Å²) in [6.45, 7) is 5.08. The highest BCUT2D eigenvalue weighted by Crippen LogP contribution is 2.26. The molecule has 0 saturated heterocycles. The van der Waals surface area contributed by atoms with Crippen molar-refractivity contribution in [2.45, 2.75) is 26.7 Å². The maximum absolute atomic E-state index is 11.2. The number of benzene rings is 1. The van der Waals surface area contributed by atoms with E-state index in [2.05, 4.69) is 29.4 Å². The molecule has 0 atom stereocenters. The molecule has 0 spiro atoms. The predicted octanol–water partition coefficient (Wildman–Crippen LogP) is 3.36. The molecule has 2 rings (SSSR count). The van der Waals surface area contributed by atoms with E-state index < -0.39 is 0 Å². The molecular formula is C14H18N2O2S. The van der Waals surface area contributed by atoms with E-state index in [9.17, 15) is 4.79 Å². The van der Waals surface area contributed by atoms with Crippen molar-refractivity contribution in [2.75, 3.05) is 18.5 Å². The van der Waals surface area contributed by atoms with Gasteiger partial charge in [-0.15, -0.1) is 0 Å². The number of nitrogens with one attached hydrogen (secondary N) is 1. The number of nitrogens with zero attached hydrogens (tertiary/aromatic N) is 1. The molecule has 102 valence electrons. The fourth-order valence-corrected chi connectivity index (χ4v) is 2.76. The van der Waals surface area contributed by atoms with Crippen molar-refractivity contribution in [3.05, 3.63) is 23.8 Å². The minimum atomic E-state index is -0.135. The van der Waals surface area contributed by atoms with E-state index in [1.165, 1.54) is 10.3 Å². The molecule has 0 unspecified atom stereocenters. The SMILES string of the molecule is CCOC(=O)CCCNc1nc2ccc(C)cc2s1. The lowest BCUT2D eigenvalue weighted by Gasteiger charge is -2.02. The van der Waals surface area contributed by atoms with Crippen LogP contribution in [-0.4, -0.2) is 24.1 Å². The van der Waals surface area contributed by atoms with Crippen molar-refractivity contribution in [1.29, 1.82) is 0 Å². The molecule has 0 bridgehead atoms. The van der Waals surface area contributed by atoms with Gasteiger partial charge in [-0.05, 0) is 38.0 Å². The van der Waals surface area contributed by atoms with Crippen LogP contribution in [0.15, 0.2) is 18.2 Å².